The van der Waals surface area contributed by atoms with Crippen molar-refractivity contribution in [3.05, 3.63) is 47.0 Å². The normalized spacial score (nSPS) is 24.9. The third-order valence-corrected chi connectivity index (χ3v) is 7.81. The van der Waals surface area contributed by atoms with Gasteiger partial charge in [0, 0.05) is 0 Å². The van der Waals surface area contributed by atoms with E-state index < -0.39 is 61.9 Å². The number of nitrogen functional groups attached to an aromatic ring is 1. The standard InChI is InChI=1S/C24H30N7O8P/c1-13(2)37-21(34)14(3)30-40(35,39-15-8-6-5-7-9-15)36-10-16-18(32)24(4,11-25)22(38-16)31-12-27-17-19(31)28-23(26)29-20(17)33/h5-9,12-14,16,18,22,32H,10H2,1-4H3,(H,30,35)(H3,26,28,29,33). The number of aliphatic hydroxyl groups is 1. The summed E-state index contributed by atoms with van der Waals surface area (Å²) >= 11 is 0. The van der Waals surface area contributed by atoms with E-state index in [1.54, 1.807) is 44.2 Å². The van der Waals surface area contributed by atoms with Gasteiger partial charge in [0.15, 0.2) is 17.4 Å². The van der Waals surface area contributed by atoms with E-state index in [0.29, 0.717) is 0 Å². The van der Waals surface area contributed by atoms with Crippen LogP contribution in [-0.2, 0) is 23.4 Å². The number of aliphatic hydroxyl groups excluding tert-OH is 1. The Balaban J connectivity index is 1.59. The Kier molecular flexibility index (Phi) is 8.29. The van der Waals surface area contributed by atoms with Crippen LogP contribution >= 0.6 is 7.75 Å². The van der Waals surface area contributed by atoms with E-state index in [-0.39, 0.29) is 22.9 Å². The summed E-state index contributed by atoms with van der Waals surface area (Å²) in [5.41, 5.74) is 3.52. The maximum atomic E-state index is 13.8. The number of nitrogens with one attached hydrogen (secondary N) is 2. The third kappa shape index (κ3) is 5.86. The molecule has 0 saturated carbocycles. The van der Waals surface area contributed by atoms with Crippen molar-refractivity contribution >= 4 is 30.8 Å². The lowest BCUT2D eigenvalue weighted by atomic mass is 9.84. The molecule has 3 aromatic rings. The highest BCUT2D eigenvalue weighted by Gasteiger charge is 2.55. The Hall–Kier alpha value is -3.80. The molecule has 5 N–H and O–H groups in total. The van der Waals surface area contributed by atoms with Crippen LogP contribution in [0.15, 0.2) is 41.5 Å². The van der Waals surface area contributed by atoms with Crippen LogP contribution in [0.5, 0.6) is 5.75 Å². The smallest absolute Gasteiger partial charge is 0.459 e. The first-order chi connectivity index (χ1) is 18.9. The molecule has 214 valence electrons. The number of rotatable bonds is 10. The predicted molar refractivity (Wildman–Crippen MR) is 141 cm³/mol. The van der Waals surface area contributed by atoms with Gasteiger partial charge in [-0.3, -0.25) is 23.7 Å². The molecule has 1 aromatic carbocycles. The van der Waals surface area contributed by atoms with E-state index >= 15 is 0 Å². The van der Waals surface area contributed by atoms with E-state index in [9.17, 15) is 24.5 Å². The number of nitrogens with two attached hydrogens (primary N) is 1. The van der Waals surface area contributed by atoms with Gasteiger partial charge in [-0.1, -0.05) is 18.2 Å². The quantitative estimate of drug-likeness (QED) is 0.200. The van der Waals surface area contributed by atoms with Crippen molar-refractivity contribution in [2.24, 2.45) is 5.41 Å². The molecule has 1 aliphatic heterocycles. The summed E-state index contributed by atoms with van der Waals surface area (Å²) in [7, 11) is -4.27. The first-order valence-corrected chi connectivity index (χ1v) is 13.9. The Morgan fingerprint density at radius 3 is 2.73 bits per heavy atom. The van der Waals surface area contributed by atoms with Gasteiger partial charge < -0.3 is 24.8 Å². The van der Waals surface area contributed by atoms with Gasteiger partial charge in [-0.15, -0.1) is 0 Å². The molecule has 15 nitrogen and oxygen atoms in total. The molecular weight excluding hydrogens is 545 g/mol. The SMILES string of the molecule is CC(C)OC(=O)C(C)NP(=O)(OCC1OC(n2cnc3c(=O)[nH]c(N)nc32)C(C)(C#N)C1O)Oc1ccccc1. The van der Waals surface area contributed by atoms with Crippen LogP contribution in [-0.4, -0.2) is 61.6 Å². The number of hydrogen-bond donors (Lipinski definition) is 4. The van der Waals surface area contributed by atoms with E-state index in [4.69, 9.17) is 24.3 Å². The number of benzene rings is 1. The summed E-state index contributed by atoms with van der Waals surface area (Å²) in [4.78, 5) is 35.1. The predicted octanol–water partition coefficient (Wildman–Crippen LogP) is 1.62. The second-order valence-corrected chi connectivity index (χ2v) is 11.4. The number of ether oxygens (including phenoxy) is 2. The Morgan fingerprint density at radius 2 is 2.08 bits per heavy atom. The van der Waals surface area contributed by atoms with Crippen LogP contribution in [0.4, 0.5) is 5.95 Å². The Labute approximate surface area is 228 Å². The van der Waals surface area contributed by atoms with Gasteiger partial charge in [-0.05, 0) is 39.8 Å². The molecule has 40 heavy (non-hydrogen) atoms. The van der Waals surface area contributed by atoms with Crippen molar-refractivity contribution in [1.82, 2.24) is 24.6 Å². The summed E-state index contributed by atoms with van der Waals surface area (Å²) in [5.74, 6) is -0.667. The molecule has 0 spiro atoms. The highest BCUT2D eigenvalue weighted by Crippen LogP contribution is 2.49. The number of carbonyl (C=O) groups excluding carboxylic acids is 1. The number of fused-ring (bicyclic) bond motifs is 1. The number of H-pyrrole nitrogens is 1. The highest BCUT2D eigenvalue weighted by molar-refractivity contribution is 7.52. The second kappa shape index (κ2) is 11.4. The molecule has 16 heteroatoms. The van der Waals surface area contributed by atoms with E-state index in [0.717, 1.165) is 0 Å². The van der Waals surface area contributed by atoms with E-state index in [1.165, 1.54) is 24.7 Å². The molecule has 6 atom stereocenters. The largest absolute Gasteiger partial charge is 0.462 e. The number of aromatic nitrogens is 4. The van der Waals surface area contributed by atoms with Gasteiger partial charge in [0.1, 0.15) is 29.4 Å². The van der Waals surface area contributed by atoms with E-state index in [1.807, 2.05) is 0 Å². The minimum absolute atomic E-state index is 0.0405. The molecular formula is C24H30N7O8P. The topological polar surface area (TPSA) is 217 Å². The van der Waals surface area contributed by atoms with Gasteiger partial charge in [0.2, 0.25) is 5.95 Å². The van der Waals surface area contributed by atoms with Crippen molar-refractivity contribution < 1.29 is 33.0 Å². The molecule has 1 aliphatic rings. The minimum atomic E-state index is -4.27. The number of carbonyl (C=O) groups is 1. The highest BCUT2D eigenvalue weighted by atomic mass is 31.2. The summed E-state index contributed by atoms with van der Waals surface area (Å²) < 4.78 is 37.5. The van der Waals surface area contributed by atoms with Crippen molar-refractivity contribution in [1.29, 1.82) is 5.26 Å². The Morgan fingerprint density at radius 1 is 1.38 bits per heavy atom. The summed E-state index contributed by atoms with van der Waals surface area (Å²) in [6, 6.07) is 9.10. The lowest BCUT2D eigenvalue weighted by molar-refractivity contribution is -0.149. The summed E-state index contributed by atoms with van der Waals surface area (Å²) in [5, 5.41) is 23.7. The Bertz CT molecular complexity index is 1520. The number of esters is 1. The van der Waals surface area contributed by atoms with Gasteiger partial charge in [-0.2, -0.15) is 15.3 Å². The van der Waals surface area contributed by atoms with Gasteiger partial charge in [0.25, 0.3) is 5.56 Å². The fraction of sp³-hybridized carbons (Fsp3) is 0.458. The van der Waals surface area contributed by atoms with Crippen molar-refractivity contribution in [3.8, 4) is 11.8 Å². The molecule has 0 amide bonds. The van der Waals surface area contributed by atoms with Crippen molar-refractivity contribution in [2.75, 3.05) is 12.3 Å². The second-order valence-electron chi connectivity index (χ2n) is 9.68. The molecule has 4 rings (SSSR count). The van der Waals surface area contributed by atoms with Crippen LogP contribution in [0, 0.1) is 16.7 Å². The van der Waals surface area contributed by atoms with Crippen molar-refractivity contribution in [3.63, 3.8) is 0 Å². The fourth-order valence-electron chi connectivity index (χ4n) is 4.14. The lowest BCUT2D eigenvalue weighted by Crippen LogP contribution is -2.39. The monoisotopic (exact) mass is 575 g/mol. The zero-order chi connectivity index (χ0) is 29.2. The maximum Gasteiger partial charge on any atom is 0.459 e. The number of anilines is 1. The number of aromatic amines is 1. The van der Waals surface area contributed by atoms with Crippen molar-refractivity contribution in [2.45, 2.75) is 58.3 Å². The zero-order valence-corrected chi connectivity index (χ0v) is 23.1. The summed E-state index contributed by atoms with van der Waals surface area (Å²) in [6.45, 7) is 5.72. The maximum absolute atomic E-state index is 13.8. The van der Waals surface area contributed by atoms with Crippen LogP contribution in [0.3, 0.4) is 0 Å². The van der Waals surface area contributed by atoms with E-state index in [2.05, 4.69) is 26.1 Å². The third-order valence-electron chi connectivity index (χ3n) is 6.16. The molecule has 6 unspecified atom stereocenters. The molecule has 1 saturated heterocycles. The van der Waals surface area contributed by atoms with Crippen LogP contribution in [0.25, 0.3) is 11.2 Å². The number of imidazole rings is 1. The van der Waals surface area contributed by atoms with Crippen LogP contribution in [0.1, 0.15) is 33.9 Å². The van der Waals surface area contributed by atoms with Gasteiger partial charge in [-0.25, -0.2) is 9.55 Å². The minimum Gasteiger partial charge on any atom is -0.462 e. The number of hydrogen-bond acceptors (Lipinski definition) is 12. The summed E-state index contributed by atoms with van der Waals surface area (Å²) in [6.07, 6.45) is -2.99. The first-order valence-electron chi connectivity index (χ1n) is 12.3. The molecule has 0 aliphatic carbocycles. The van der Waals surface area contributed by atoms with Gasteiger partial charge in [0.05, 0.1) is 25.1 Å². The van der Waals surface area contributed by atoms with Crippen LogP contribution in [0.2, 0.25) is 0 Å². The average Bonchev–Trinajstić information content (AvgIpc) is 3.42. The fourth-order valence-corrected chi connectivity index (χ4v) is 5.64. The zero-order valence-electron chi connectivity index (χ0n) is 22.2. The lowest BCUT2D eigenvalue weighted by Gasteiger charge is -2.26. The van der Waals surface area contributed by atoms with Crippen LogP contribution < -0.4 is 20.9 Å². The molecule has 3 heterocycles. The molecule has 0 radical (unpaired) electrons. The number of para-hydroxylation sites is 1. The molecule has 2 aromatic heterocycles. The average molecular weight is 576 g/mol. The van der Waals surface area contributed by atoms with Gasteiger partial charge >= 0.3 is 13.7 Å². The molecule has 0 bridgehead atoms. The first kappa shape index (κ1) is 29.2. The number of nitriles is 1. The number of nitrogens with zero attached hydrogens (tertiary/aromatic N) is 4. The molecule has 1 fully saturated rings.